The average molecular weight is 255 g/mol. The van der Waals surface area contributed by atoms with Crippen LogP contribution in [0, 0.1) is 0 Å². The van der Waals surface area contributed by atoms with Gasteiger partial charge in [0.2, 0.25) is 0 Å². The number of pyridine rings is 1. The monoisotopic (exact) mass is 255 g/mol. The van der Waals surface area contributed by atoms with Crippen LogP contribution >= 0.6 is 0 Å². The fourth-order valence-electron chi connectivity index (χ4n) is 2.04. The molecule has 98 valence electrons. The lowest BCUT2D eigenvalue weighted by Gasteiger charge is -2.20. The van der Waals surface area contributed by atoms with E-state index in [0.29, 0.717) is 0 Å². The van der Waals surface area contributed by atoms with Crippen LogP contribution in [-0.4, -0.2) is 17.2 Å². The predicted octanol–water partition coefficient (Wildman–Crippen LogP) is 3.09. The number of nitrogens with zero attached hydrogens (tertiary/aromatic N) is 1. The highest BCUT2D eigenvalue weighted by atomic mass is 16.5. The second kappa shape index (κ2) is 6.16. The van der Waals surface area contributed by atoms with Crippen molar-refractivity contribution in [2.45, 2.75) is 12.0 Å². The van der Waals surface area contributed by atoms with Gasteiger partial charge in [-0.15, -0.1) is 6.58 Å². The summed E-state index contributed by atoms with van der Waals surface area (Å²) in [4.78, 5) is 3.95. The highest BCUT2D eigenvalue weighted by Crippen LogP contribution is 2.32. The number of methoxy groups -OCH3 is 1. The average Bonchev–Trinajstić information content (AvgIpc) is 2.49. The first kappa shape index (κ1) is 13.3. The molecule has 2 atom stereocenters. The molecule has 0 radical (unpaired) electrons. The molecule has 3 heteroatoms. The molecule has 0 aliphatic rings. The molecule has 2 aromatic rings. The van der Waals surface area contributed by atoms with Crippen LogP contribution in [0.1, 0.15) is 23.1 Å². The summed E-state index contributed by atoms with van der Waals surface area (Å²) in [6.45, 7) is 3.82. The minimum atomic E-state index is -0.631. The molecular formula is C16H17NO2. The third kappa shape index (κ3) is 3.01. The Hall–Kier alpha value is -2.13. The molecule has 2 rings (SSSR count). The van der Waals surface area contributed by atoms with Gasteiger partial charge in [-0.1, -0.05) is 18.2 Å². The van der Waals surface area contributed by atoms with E-state index in [1.165, 1.54) is 0 Å². The van der Waals surface area contributed by atoms with Crippen molar-refractivity contribution in [3.05, 3.63) is 72.6 Å². The molecule has 1 N–H and O–H groups in total. The maximum absolute atomic E-state index is 10.4. The zero-order valence-electron chi connectivity index (χ0n) is 10.9. The second-order valence-electron chi connectivity index (χ2n) is 4.26. The molecule has 0 amide bonds. The molecule has 1 aromatic carbocycles. The quantitative estimate of drug-likeness (QED) is 0.835. The normalized spacial score (nSPS) is 13.6. The SMILES string of the molecule is C=C[C@H](c1ccc(OC)cc1)[C@H](O)c1ccncc1. The third-order valence-corrected chi connectivity index (χ3v) is 3.14. The Labute approximate surface area is 113 Å². The van der Waals surface area contributed by atoms with Crippen LogP contribution < -0.4 is 4.74 Å². The fourth-order valence-corrected chi connectivity index (χ4v) is 2.04. The fraction of sp³-hybridized carbons (Fsp3) is 0.188. The van der Waals surface area contributed by atoms with Gasteiger partial charge in [0.05, 0.1) is 13.2 Å². The highest BCUT2D eigenvalue weighted by molar-refractivity contribution is 5.33. The van der Waals surface area contributed by atoms with Crippen molar-refractivity contribution in [2.24, 2.45) is 0 Å². The highest BCUT2D eigenvalue weighted by Gasteiger charge is 2.19. The van der Waals surface area contributed by atoms with Gasteiger partial charge in [-0.05, 0) is 35.4 Å². The zero-order valence-corrected chi connectivity index (χ0v) is 10.9. The number of benzene rings is 1. The lowest BCUT2D eigenvalue weighted by atomic mass is 9.89. The largest absolute Gasteiger partial charge is 0.497 e. The summed E-state index contributed by atoms with van der Waals surface area (Å²) in [5.41, 5.74) is 1.83. The summed E-state index contributed by atoms with van der Waals surface area (Å²) in [5.74, 6) is 0.637. The number of ether oxygens (including phenoxy) is 1. The molecule has 0 bridgehead atoms. The first-order valence-electron chi connectivity index (χ1n) is 6.10. The Morgan fingerprint density at radius 1 is 1.11 bits per heavy atom. The Morgan fingerprint density at radius 2 is 1.74 bits per heavy atom. The van der Waals surface area contributed by atoms with E-state index in [9.17, 15) is 5.11 Å². The van der Waals surface area contributed by atoms with Crippen LogP contribution in [0.3, 0.4) is 0 Å². The van der Waals surface area contributed by atoms with Crippen molar-refractivity contribution >= 4 is 0 Å². The maximum atomic E-state index is 10.4. The van der Waals surface area contributed by atoms with Gasteiger partial charge in [-0.25, -0.2) is 0 Å². The number of aliphatic hydroxyl groups excluding tert-OH is 1. The number of hydrogen-bond donors (Lipinski definition) is 1. The topological polar surface area (TPSA) is 42.4 Å². The van der Waals surface area contributed by atoms with Gasteiger partial charge in [0.1, 0.15) is 5.75 Å². The summed E-state index contributed by atoms with van der Waals surface area (Å²) in [6.07, 6.45) is 4.47. The molecule has 3 nitrogen and oxygen atoms in total. The molecule has 0 aliphatic carbocycles. The van der Waals surface area contributed by atoms with E-state index in [4.69, 9.17) is 4.74 Å². The molecule has 0 spiro atoms. The Morgan fingerprint density at radius 3 is 2.26 bits per heavy atom. The van der Waals surface area contributed by atoms with E-state index in [1.54, 1.807) is 25.6 Å². The number of aromatic nitrogens is 1. The molecule has 1 heterocycles. The molecule has 0 saturated carbocycles. The predicted molar refractivity (Wildman–Crippen MR) is 75.1 cm³/mol. The molecule has 0 saturated heterocycles. The van der Waals surface area contributed by atoms with Gasteiger partial charge in [-0.2, -0.15) is 0 Å². The van der Waals surface area contributed by atoms with Gasteiger partial charge in [0.15, 0.2) is 0 Å². The summed E-state index contributed by atoms with van der Waals surface area (Å²) in [5, 5.41) is 10.4. The van der Waals surface area contributed by atoms with E-state index in [1.807, 2.05) is 36.4 Å². The third-order valence-electron chi connectivity index (χ3n) is 3.14. The second-order valence-corrected chi connectivity index (χ2v) is 4.26. The van der Waals surface area contributed by atoms with Crippen molar-refractivity contribution in [1.82, 2.24) is 4.98 Å². The first-order chi connectivity index (χ1) is 9.26. The van der Waals surface area contributed by atoms with Crippen LogP contribution in [0.5, 0.6) is 5.75 Å². The number of hydrogen-bond acceptors (Lipinski definition) is 3. The summed E-state index contributed by atoms with van der Waals surface area (Å²) in [7, 11) is 1.63. The van der Waals surface area contributed by atoms with Crippen molar-refractivity contribution in [3.63, 3.8) is 0 Å². The Bertz CT molecular complexity index is 522. The minimum absolute atomic E-state index is 0.159. The molecule has 19 heavy (non-hydrogen) atoms. The lowest BCUT2D eigenvalue weighted by molar-refractivity contribution is 0.162. The smallest absolute Gasteiger partial charge is 0.118 e. The number of rotatable bonds is 5. The van der Waals surface area contributed by atoms with Gasteiger partial charge in [-0.3, -0.25) is 4.98 Å². The van der Waals surface area contributed by atoms with E-state index in [-0.39, 0.29) is 5.92 Å². The maximum Gasteiger partial charge on any atom is 0.118 e. The van der Waals surface area contributed by atoms with Crippen LogP contribution in [0.15, 0.2) is 61.4 Å². The molecule has 1 aromatic heterocycles. The van der Waals surface area contributed by atoms with E-state index in [0.717, 1.165) is 16.9 Å². The standard InChI is InChI=1S/C16H17NO2/c1-3-15(12-4-6-14(19-2)7-5-12)16(18)13-8-10-17-11-9-13/h3-11,15-16,18H,1H2,2H3/t15-,16-/m1/s1. The molecular weight excluding hydrogens is 238 g/mol. The molecule has 0 unspecified atom stereocenters. The molecule has 0 aliphatic heterocycles. The van der Waals surface area contributed by atoms with Crippen LogP contribution in [0.4, 0.5) is 0 Å². The summed E-state index contributed by atoms with van der Waals surface area (Å²) >= 11 is 0. The van der Waals surface area contributed by atoms with Crippen LogP contribution in [0.25, 0.3) is 0 Å². The van der Waals surface area contributed by atoms with Crippen molar-refractivity contribution in [1.29, 1.82) is 0 Å². The summed E-state index contributed by atoms with van der Waals surface area (Å²) < 4.78 is 5.13. The molecule has 0 fully saturated rings. The lowest BCUT2D eigenvalue weighted by Crippen LogP contribution is -2.08. The zero-order chi connectivity index (χ0) is 13.7. The van der Waals surface area contributed by atoms with Gasteiger partial charge in [0.25, 0.3) is 0 Å². The van der Waals surface area contributed by atoms with Gasteiger partial charge < -0.3 is 9.84 Å². The first-order valence-corrected chi connectivity index (χ1v) is 6.10. The summed E-state index contributed by atoms with van der Waals surface area (Å²) in [6, 6.07) is 11.3. The Kier molecular flexibility index (Phi) is 4.31. The van der Waals surface area contributed by atoms with Crippen LogP contribution in [0.2, 0.25) is 0 Å². The Balaban J connectivity index is 2.26. The van der Waals surface area contributed by atoms with Gasteiger partial charge >= 0.3 is 0 Å². The van der Waals surface area contributed by atoms with Crippen molar-refractivity contribution in [2.75, 3.05) is 7.11 Å². The van der Waals surface area contributed by atoms with Gasteiger partial charge in [0, 0.05) is 18.3 Å². The van der Waals surface area contributed by atoms with Crippen LogP contribution in [-0.2, 0) is 0 Å². The van der Waals surface area contributed by atoms with E-state index < -0.39 is 6.10 Å². The van der Waals surface area contributed by atoms with Crippen molar-refractivity contribution < 1.29 is 9.84 Å². The van der Waals surface area contributed by atoms with Crippen molar-refractivity contribution in [3.8, 4) is 5.75 Å². The van der Waals surface area contributed by atoms with E-state index >= 15 is 0 Å². The number of aliphatic hydroxyl groups is 1. The van der Waals surface area contributed by atoms with E-state index in [2.05, 4.69) is 11.6 Å². The minimum Gasteiger partial charge on any atom is -0.497 e.